The van der Waals surface area contributed by atoms with Crippen LogP contribution >= 0.6 is 11.6 Å². The van der Waals surface area contributed by atoms with E-state index in [9.17, 15) is 0 Å². The van der Waals surface area contributed by atoms with E-state index in [0.29, 0.717) is 11.1 Å². The first-order chi connectivity index (χ1) is 7.65. The molecule has 0 aromatic carbocycles. The van der Waals surface area contributed by atoms with Crippen molar-refractivity contribution in [2.45, 2.75) is 38.1 Å². The van der Waals surface area contributed by atoms with E-state index in [2.05, 4.69) is 14.9 Å². The van der Waals surface area contributed by atoms with E-state index in [-0.39, 0.29) is 0 Å². The summed E-state index contributed by atoms with van der Waals surface area (Å²) in [4.78, 5) is 10.9. The van der Waals surface area contributed by atoms with Crippen molar-refractivity contribution in [2.75, 3.05) is 14.1 Å². The molecule has 0 saturated heterocycles. The highest BCUT2D eigenvalue weighted by atomic mass is 35.5. The van der Waals surface area contributed by atoms with Crippen LogP contribution in [0.3, 0.4) is 0 Å². The number of halogens is 1. The summed E-state index contributed by atoms with van der Waals surface area (Å²) in [5.74, 6) is 1.43. The molecule has 1 aliphatic carbocycles. The van der Waals surface area contributed by atoms with E-state index < -0.39 is 0 Å². The normalized spacial score (nSPS) is 17.2. The van der Waals surface area contributed by atoms with Crippen LogP contribution in [0.2, 0.25) is 5.15 Å². The van der Waals surface area contributed by atoms with Gasteiger partial charge in [-0.05, 0) is 33.0 Å². The molecule has 0 atom stereocenters. The monoisotopic (exact) mass is 239 g/mol. The Bertz CT molecular complexity index is 359. The van der Waals surface area contributed by atoms with E-state index in [0.717, 1.165) is 18.1 Å². The Kier molecular flexibility index (Phi) is 3.77. The molecule has 1 aromatic rings. The summed E-state index contributed by atoms with van der Waals surface area (Å²) in [5.41, 5.74) is 1.13. The van der Waals surface area contributed by atoms with E-state index in [1.807, 2.05) is 20.2 Å². The smallest absolute Gasteiger partial charge is 0.144 e. The molecule has 0 radical (unpaired) electrons. The van der Waals surface area contributed by atoms with Crippen molar-refractivity contribution in [2.24, 2.45) is 0 Å². The van der Waals surface area contributed by atoms with Gasteiger partial charge in [-0.15, -0.1) is 0 Å². The molecule has 2 rings (SSSR count). The number of nitrogens with zero attached hydrogens (tertiary/aromatic N) is 3. The van der Waals surface area contributed by atoms with E-state index >= 15 is 0 Å². The zero-order valence-corrected chi connectivity index (χ0v) is 10.7. The van der Waals surface area contributed by atoms with Crippen LogP contribution in [0.25, 0.3) is 0 Å². The van der Waals surface area contributed by atoms with Gasteiger partial charge in [-0.1, -0.05) is 24.4 Å². The minimum atomic E-state index is 0.578. The molecule has 1 heterocycles. The highest BCUT2D eigenvalue weighted by Crippen LogP contribution is 2.33. The molecule has 3 nitrogen and oxygen atoms in total. The molecule has 0 N–H and O–H groups in total. The second kappa shape index (κ2) is 5.11. The summed E-state index contributed by atoms with van der Waals surface area (Å²) in [6.07, 6.45) is 5.12. The van der Waals surface area contributed by atoms with Gasteiger partial charge in [0.15, 0.2) is 0 Å². The van der Waals surface area contributed by atoms with Crippen molar-refractivity contribution in [3.05, 3.63) is 22.7 Å². The van der Waals surface area contributed by atoms with E-state index in [1.165, 1.54) is 25.7 Å². The van der Waals surface area contributed by atoms with Gasteiger partial charge in [-0.25, -0.2) is 9.97 Å². The predicted molar refractivity (Wildman–Crippen MR) is 65.6 cm³/mol. The second-order valence-electron chi connectivity index (χ2n) is 4.75. The maximum Gasteiger partial charge on any atom is 0.144 e. The maximum absolute atomic E-state index is 6.04. The molecule has 1 saturated carbocycles. The van der Waals surface area contributed by atoms with Crippen molar-refractivity contribution in [3.63, 3.8) is 0 Å². The SMILES string of the molecule is CN(C)Cc1nc(Cl)cc(C2CCCC2)n1. The Morgan fingerprint density at radius 1 is 1.31 bits per heavy atom. The topological polar surface area (TPSA) is 29.0 Å². The Morgan fingerprint density at radius 2 is 2.00 bits per heavy atom. The summed E-state index contributed by atoms with van der Waals surface area (Å²) in [6, 6.07) is 1.93. The molecule has 0 amide bonds. The average Bonchev–Trinajstić information content (AvgIpc) is 2.67. The molecule has 88 valence electrons. The first-order valence-corrected chi connectivity index (χ1v) is 6.21. The molecule has 1 aromatic heterocycles. The minimum Gasteiger partial charge on any atom is -0.302 e. The molecule has 0 unspecified atom stereocenters. The van der Waals surface area contributed by atoms with Gasteiger partial charge in [0.2, 0.25) is 0 Å². The number of aromatic nitrogens is 2. The van der Waals surface area contributed by atoms with Crippen LogP contribution in [-0.4, -0.2) is 29.0 Å². The third kappa shape index (κ3) is 2.92. The van der Waals surface area contributed by atoms with Crippen LogP contribution < -0.4 is 0 Å². The molecule has 16 heavy (non-hydrogen) atoms. The molecular formula is C12H18ClN3. The average molecular weight is 240 g/mol. The van der Waals surface area contributed by atoms with Gasteiger partial charge in [0, 0.05) is 11.6 Å². The molecule has 0 spiro atoms. The fourth-order valence-corrected chi connectivity index (χ4v) is 2.48. The first kappa shape index (κ1) is 11.8. The van der Waals surface area contributed by atoms with Crippen LogP contribution in [0, 0.1) is 0 Å². The fraction of sp³-hybridized carbons (Fsp3) is 0.667. The minimum absolute atomic E-state index is 0.578. The number of hydrogen-bond donors (Lipinski definition) is 0. The van der Waals surface area contributed by atoms with Gasteiger partial charge in [-0.3, -0.25) is 0 Å². The predicted octanol–water partition coefficient (Wildman–Crippen LogP) is 2.85. The third-order valence-electron chi connectivity index (χ3n) is 2.99. The summed E-state index contributed by atoms with van der Waals surface area (Å²) >= 11 is 6.04. The lowest BCUT2D eigenvalue weighted by atomic mass is 10.0. The molecule has 0 bridgehead atoms. The molecule has 0 aliphatic heterocycles. The lowest BCUT2D eigenvalue weighted by Crippen LogP contribution is -2.14. The molecule has 1 aliphatic rings. The van der Waals surface area contributed by atoms with Crippen LogP contribution in [-0.2, 0) is 6.54 Å². The van der Waals surface area contributed by atoms with Crippen molar-refractivity contribution in [1.82, 2.24) is 14.9 Å². The van der Waals surface area contributed by atoms with Crippen LogP contribution in [0.4, 0.5) is 0 Å². The highest BCUT2D eigenvalue weighted by Gasteiger charge is 2.19. The highest BCUT2D eigenvalue weighted by molar-refractivity contribution is 6.29. The summed E-state index contributed by atoms with van der Waals surface area (Å²) in [5, 5.41) is 0.578. The fourth-order valence-electron chi connectivity index (χ4n) is 2.27. The van der Waals surface area contributed by atoms with Crippen molar-refractivity contribution >= 4 is 11.6 Å². The number of rotatable bonds is 3. The lowest BCUT2D eigenvalue weighted by Gasteiger charge is -2.12. The van der Waals surface area contributed by atoms with Crippen molar-refractivity contribution in [3.8, 4) is 0 Å². The quantitative estimate of drug-likeness (QED) is 0.760. The van der Waals surface area contributed by atoms with Gasteiger partial charge < -0.3 is 4.90 Å². The first-order valence-electron chi connectivity index (χ1n) is 5.83. The van der Waals surface area contributed by atoms with Crippen molar-refractivity contribution in [1.29, 1.82) is 0 Å². The van der Waals surface area contributed by atoms with Crippen LogP contribution in [0.15, 0.2) is 6.07 Å². The van der Waals surface area contributed by atoms with E-state index in [4.69, 9.17) is 11.6 Å². The molecule has 1 fully saturated rings. The van der Waals surface area contributed by atoms with Crippen LogP contribution in [0.5, 0.6) is 0 Å². The summed E-state index contributed by atoms with van der Waals surface area (Å²) < 4.78 is 0. The Hall–Kier alpha value is -0.670. The number of hydrogen-bond acceptors (Lipinski definition) is 3. The standard InChI is InChI=1S/C12H18ClN3/c1-16(2)8-12-14-10(7-11(13)15-12)9-5-3-4-6-9/h7,9H,3-6,8H2,1-2H3. The van der Waals surface area contributed by atoms with Crippen molar-refractivity contribution < 1.29 is 0 Å². The summed E-state index contributed by atoms with van der Waals surface area (Å²) in [6.45, 7) is 0.750. The second-order valence-corrected chi connectivity index (χ2v) is 5.14. The lowest BCUT2D eigenvalue weighted by molar-refractivity contribution is 0.389. The zero-order chi connectivity index (χ0) is 11.5. The zero-order valence-electron chi connectivity index (χ0n) is 9.91. The van der Waals surface area contributed by atoms with Gasteiger partial charge >= 0.3 is 0 Å². The van der Waals surface area contributed by atoms with Gasteiger partial charge in [0.1, 0.15) is 11.0 Å². The Labute approximate surface area is 102 Å². The van der Waals surface area contributed by atoms with Gasteiger partial charge in [0.05, 0.1) is 6.54 Å². The Balaban J connectivity index is 2.20. The maximum atomic E-state index is 6.04. The third-order valence-corrected chi connectivity index (χ3v) is 3.19. The van der Waals surface area contributed by atoms with Gasteiger partial charge in [0.25, 0.3) is 0 Å². The van der Waals surface area contributed by atoms with E-state index in [1.54, 1.807) is 0 Å². The van der Waals surface area contributed by atoms with Gasteiger partial charge in [-0.2, -0.15) is 0 Å². The summed E-state index contributed by atoms with van der Waals surface area (Å²) in [7, 11) is 4.03. The molecule has 4 heteroatoms. The van der Waals surface area contributed by atoms with Crippen LogP contribution in [0.1, 0.15) is 43.1 Å². The largest absolute Gasteiger partial charge is 0.302 e. The molecular weight excluding hydrogens is 222 g/mol. The Morgan fingerprint density at radius 3 is 2.62 bits per heavy atom.